The molecule has 25 heavy (non-hydrogen) atoms. The van der Waals surface area contributed by atoms with Crippen molar-refractivity contribution in [2.45, 2.75) is 25.9 Å². The number of halogens is 2. The van der Waals surface area contributed by atoms with Gasteiger partial charge >= 0.3 is 0 Å². The Labute approximate surface area is 143 Å². The Morgan fingerprint density at radius 3 is 2.84 bits per heavy atom. The molecule has 3 aromatic rings. The molecule has 0 atom stereocenters. The van der Waals surface area contributed by atoms with Gasteiger partial charge in [-0.15, -0.1) is 0 Å². The van der Waals surface area contributed by atoms with Crippen LogP contribution >= 0.6 is 0 Å². The van der Waals surface area contributed by atoms with Crippen LogP contribution in [0.15, 0.2) is 41.4 Å². The lowest BCUT2D eigenvalue weighted by molar-refractivity contribution is 0.585. The van der Waals surface area contributed by atoms with Gasteiger partial charge in [-0.2, -0.15) is 0 Å². The molecule has 0 saturated carbocycles. The molecule has 0 N–H and O–H groups in total. The van der Waals surface area contributed by atoms with E-state index in [0.29, 0.717) is 17.8 Å². The number of benzene rings is 2. The number of hydrogen-bond acceptors (Lipinski definition) is 2. The largest absolute Gasteiger partial charge is 0.327 e. The second kappa shape index (κ2) is 5.34. The molecule has 0 spiro atoms. The molecule has 5 heteroatoms. The predicted molar refractivity (Wildman–Crippen MR) is 92.6 cm³/mol. The molecular weight excluding hydrogens is 320 g/mol. The Morgan fingerprint density at radius 1 is 1.04 bits per heavy atom. The van der Waals surface area contributed by atoms with E-state index in [2.05, 4.69) is 15.6 Å². The Morgan fingerprint density at radius 2 is 1.96 bits per heavy atom. The van der Waals surface area contributed by atoms with Gasteiger partial charge in [0.1, 0.15) is 17.5 Å². The highest BCUT2D eigenvalue weighted by Gasteiger charge is 2.25. The van der Waals surface area contributed by atoms with Gasteiger partial charge in [0.05, 0.1) is 17.9 Å². The average molecular weight is 335 g/mol. The van der Waals surface area contributed by atoms with Crippen molar-refractivity contribution in [2.75, 3.05) is 0 Å². The molecule has 2 aliphatic rings. The summed E-state index contributed by atoms with van der Waals surface area (Å²) in [5, 5.41) is 0. The third-order valence-corrected chi connectivity index (χ3v) is 4.92. The Bertz CT molecular complexity index is 1030. The third kappa shape index (κ3) is 2.22. The average Bonchev–Trinajstić information content (AvgIpc) is 3.29. The minimum Gasteiger partial charge on any atom is -0.327 e. The summed E-state index contributed by atoms with van der Waals surface area (Å²) in [4.78, 5) is 8.99. The molecule has 5 rings (SSSR count). The first-order valence-corrected chi connectivity index (χ1v) is 8.38. The van der Waals surface area contributed by atoms with E-state index in [1.54, 1.807) is 0 Å². The van der Waals surface area contributed by atoms with Gasteiger partial charge in [-0.25, -0.2) is 13.8 Å². The number of hydrogen-bond donors (Lipinski definition) is 0. The van der Waals surface area contributed by atoms with Crippen molar-refractivity contribution in [3.8, 4) is 22.5 Å². The van der Waals surface area contributed by atoms with Crippen molar-refractivity contribution in [3.05, 3.63) is 65.0 Å². The molecule has 0 aliphatic carbocycles. The van der Waals surface area contributed by atoms with Gasteiger partial charge in [0.25, 0.3) is 0 Å². The first-order valence-electron chi connectivity index (χ1n) is 8.38. The number of nitrogens with zero attached hydrogens (tertiary/aromatic N) is 3. The first-order chi connectivity index (χ1) is 12.2. The van der Waals surface area contributed by atoms with Crippen LogP contribution in [0.4, 0.5) is 8.78 Å². The predicted octanol–water partition coefficient (Wildman–Crippen LogP) is 4.37. The molecule has 2 aliphatic heterocycles. The number of fused-ring (bicyclic) bond motifs is 2. The number of aliphatic imine (C=N–C) groups is 1. The van der Waals surface area contributed by atoms with Crippen molar-refractivity contribution in [1.82, 2.24) is 9.55 Å². The highest BCUT2D eigenvalue weighted by Crippen LogP contribution is 2.37. The molecule has 0 amide bonds. The molecule has 3 heterocycles. The van der Waals surface area contributed by atoms with Crippen molar-refractivity contribution in [1.29, 1.82) is 0 Å². The van der Waals surface area contributed by atoms with E-state index in [4.69, 9.17) is 4.98 Å². The summed E-state index contributed by atoms with van der Waals surface area (Å²) in [6.45, 7) is 1.54. The summed E-state index contributed by atoms with van der Waals surface area (Å²) in [5.74, 6) is -0.197. The standard InChI is InChI=1S/C20H15F2N3/c21-15-5-6-16(17(22)9-15)19-20(25-7-1-2-18(25)24-19)12-3-4-13-10-23-11-14(13)8-12/h3-6,8-10H,1-2,7,11H2. The minimum absolute atomic E-state index is 0.343. The molecule has 2 aromatic carbocycles. The quantitative estimate of drug-likeness (QED) is 0.684. The molecular formula is C20H15F2N3. The van der Waals surface area contributed by atoms with Crippen LogP contribution in [0.25, 0.3) is 22.5 Å². The molecule has 0 saturated heterocycles. The topological polar surface area (TPSA) is 30.2 Å². The number of aromatic nitrogens is 2. The van der Waals surface area contributed by atoms with Crippen molar-refractivity contribution in [3.63, 3.8) is 0 Å². The fourth-order valence-corrected chi connectivity index (χ4v) is 3.75. The van der Waals surface area contributed by atoms with Crippen LogP contribution in [0.3, 0.4) is 0 Å². The Balaban J connectivity index is 1.73. The molecule has 0 bridgehead atoms. The number of rotatable bonds is 2. The highest BCUT2D eigenvalue weighted by atomic mass is 19.1. The third-order valence-electron chi connectivity index (χ3n) is 4.92. The Hall–Kier alpha value is -2.82. The van der Waals surface area contributed by atoms with Crippen LogP contribution in [-0.4, -0.2) is 15.8 Å². The van der Waals surface area contributed by atoms with Gasteiger partial charge < -0.3 is 4.57 Å². The summed E-state index contributed by atoms with van der Waals surface area (Å²) >= 11 is 0. The van der Waals surface area contributed by atoms with Gasteiger partial charge in [0.2, 0.25) is 0 Å². The molecule has 0 radical (unpaired) electrons. The van der Waals surface area contributed by atoms with Crippen LogP contribution in [0.1, 0.15) is 23.4 Å². The summed E-state index contributed by atoms with van der Waals surface area (Å²) in [5.41, 5.74) is 5.13. The SMILES string of the molecule is Fc1ccc(-c2nc3n(c2-c2ccc4c(c2)CN=C4)CCC3)c(F)c1. The van der Waals surface area contributed by atoms with Crippen molar-refractivity contribution < 1.29 is 8.78 Å². The lowest BCUT2D eigenvalue weighted by atomic mass is 10.00. The highest BCUT2D eigenvalue weighted by molar-refractivity contribution is 5.87. The monoisotopic (exact) mass is 335 g/mol. The normalized spacial score (nSPS) is 14.8. The summed E-state index contributed by atoms with van der Waals surface area (Å²) < 4.78 is 29.9. The molecule has 0 unspecified atom stereocenters. The van der Waals surface area contributed by atoms with Crippen LogP contribution in [-0.2, 0) is 19.5 Å². The van der Waals surface area contributed by atoms with E-state index in [9.17, 15) is 8.78 Å². The van der Waals surface area contributed by atoms with Crippen molar-refractivity contribution >= 4 is 6.21 Å². The maximum Gasteiger partial charge on any atom is 0.135 e. The maximum absolute atomic E-state index is 14.4. The van der Waals surface area contributed by atoms with Gasteiger partial charge in [-0.1, -0.05) is 12.1 Å². The molecule has 124 valence electrons. The smallest absolute Gasteiger partial charge is 0.135 e. The zero-order valence-corrected chi connectivity index (χ0v) is 13.5. The lowest BCUT2D eigenvalue weighted by Crippen LogP contribution is -1.98. The second-order valence-corrected chi connectivity index (χ2v) is 6.49. The van der Waals surface area contributed by atoms with Gasteiger partial charge in [0.15, 0.2) is 0 Å². The van der Waals surface area contributed by atoms with E-state index in [1.807, 2.05) is 18.3 Å². The molecule has 3 nitrogen and oxygen atoms in total. The Kier molecular flexibility index (Phi) is 3.10. The van der Waals surface area contributed by atoms with E-state index in [0.717, 1.165) is 53.7 Å². The van der Waals surface area contributed by atoms with E-state index in [-0.39, 0.29) is 0 Å². The summed E-state index contributed by atoms with van der Waals surface area (Å²) in [6, 6.07) is 9.85. The molecule has 0 fully saturated rings. The van der Waals surface area contributed by atoms with Gasteiger partial charge in [-0.3, -0.25) is 4.99 Å². The zero-order chi connectivity index (χ0) is 17.0. The summed E-state index contributed by atoms with van der Waals surface area (Å²) in [6.07, 6.45) is 3.79. The van der Waals surface area contributed by atoms with Crippen LogP contribution in [0, 0.1) is 11.6 Å². The van der Waals surface area contributed by atoms with E-state index in [1.165, 1.54) is 12.1 Å². The van der Waals surface area contributed by atoms with Crippen LogP contribution in [0.5, 0.6) is 0 Å². The van der Waals surface area contributed by atoms with Crippen molar-refractivity contribution in [2.24, 2.45) is 4.99 Å². The number of imidazole rings is 1. The van der Waals surface area contributed by atoms with Crippen LogP contribution < -0.4 is 0 Å². The molecule has 1 aromatic heterocycles. The first kappa shape index (κ1) is 14.5. The van der Waals surface area contributed by atoms with Gasteiger partial charge in [0, 0.05) is 36.4 Å². The summed E-state index contributed by atoms with van der Waals surface area (Å²) in [7, 11) is 0. The lowest BCUT2D eigenvalue weighted by Gasteiger charge is -2.11. The van der Waals surface area contributed by atoms with Crippen LogP contribution in [0.2, 0.25) is 0 Å². The minimum atomic E-state index is -0.581. The van der Waals surface area contributed by atoms with E-state index >= 15 is 0 Å². The van der Waals surface area contributed by atoms with E-state index < -0.39 is 11.6 Å². The zero-order valence-electron chi connectivity index (χ0n) is 13.5. The van der Waals surface area contributed by atoms with Gasteiger partial charge in [-0.05, 0) is 35.7 Å². The number of aryl methyl sites for hydroxylation is 1. The second-order valence-electron chi connectivity index (χ2n) is 6.49. The fourth-order valence-electron chi connectivity index (χ4n) is 3.75. The fraction of sp³-hybridized carbons (Fsp3) is 0.200. The maximum atomic E-state index is 14.4.